The molecule has 0 aromatic heterocycles. The van der Waals surface area contributed by atoms with Crippen molar-refractivity contribution in [2.45, 2.75) is 18.1 Å². The van der Waals surface area contributed by atoms with Crippen LogP contribution in [0, 0.1) is 13.8 Å². The number of aryl methyl sites for hydroxylation is 2. The molecule has 1 saturated heterocycles. The molecule has 0 aliphatic carbocycles. The average molecular weight is 420 g/mol. The summed E-state index contributed by atoms with van der Waals surface area (Å²) in [6, 6.07) is 14.4. The van der Waals surface area contributed by atoms with Gasteiger partial charge in [-0.3, -0.25) is 9.59 Å². The molecule has 0 radical (unpaired) electrons. The minimum atomic E-state index is -1.70. The molecule has 27 heavy (non-hydrogen) atoms. The molecule has 142 valence electrons. The summed E-state index contributed by atoms with van der Waals surface area (Å²) in [5.41, 5.74) is 3.01. The number of alkyl halides is 1. The summed E-state index contributed by atoms with van der Waals surface area (Å²) in [7, 11) is 0. The summed E-state index contributed by atoms with van der Waals surface area (Å²) in [4.78, 5) is 26.7. The van der Waals surface area contributed by atoms with Gasteiger partial charge in [0.05, 0.1) is 0 Å². The molecule has 1 aliphatic heterocycles. The van der Waals surface area contributed by atoms with Crippen molar-refractivity contribution < 1.29 is 9.59 Å². The second-order valence-corrected chi connectivity index (χ2v) is 9.95. The number of nitrogens with zero attached hydrogens (tertiary/aromatic N) is 1. The van der Waals surface area contributed by atoms with Gasteiger partial charge in [0.15, 0.2) is 0 Å². The van der Waals surface area contributed by atoms with Gasteiger partial charge in [-0.2, -0.15) is 11.8 Å². The van der Waals surface area contributed by atoms with E-state index in [1.54, 1.807) is 24.3 Å². The highest BCUT2D eigenvalue weighted by Crippen LogP contribution is 2.40. The third kappa shape index (κ3) is 4.77. The Hall–Kier alpha value is -1.27. The molecular weight excluding hydrogens is 398 g/mol. The molecule has 0 spiro atoms. The number of benzene rings is 2. The quantitative estimate of drug-likeness (QED) is 0.285. The first-order valence-electron chi connectivity index (χ1n) is 8.84. The van der Waals surface area contributed by atoms with E-state index in [9.17, 15) is 9.59 Å². The summed E-state index contributed by atoms with van der Waals surface area (Å²) < 4.78 is 0.341. The molecule has 3 nitrogen and oxygen atoms in total. The predicted molar refractivity (Wildman–Crippen MR) is 116 cm³/mol. The van der Waals surface area contributed by atoms with Crippen molar-refractivity contribution in [2.24, 2.45) is 0 Å². The highest BCUT2D eigenvalue weighted by molar-refractivity contribution is 8.02. The van der Waals surface area contributed by atoms with Crippen molar-refractivity contribution in [1.82, 2.24) is 4.31 Å². The number of carbonyl (C=O) groups is 2. The normalized spacial score (nSPS) is 15.5. The molecule has 0 unspecified atom stereocenters. The van der Waals surface area contributed by atoms with E-state index in [0.29, 0.717) is 11.1 Å². The zero-order valence-electron chi connectivity index (χ0n) is 15.4. The molecule has 2 aromatic carbocycles. The van der Waals surface area contributed by atoms with Gasteiger partial charge in [-0.15, -0.1) is 0 Å². The van der Waals surface area contributed by atoms with Gasteiger partial charge in [-0.25, -0.2) is 4.31 Å². The standard InChI is InChI=1S/C21H22ClNO2S2/c1-15-3-7-17(8-4-15)19(24)21(22,27-23-11-13-26-14-12-23)20(25)18-9-5-16(2)6-10-18/h3-10H,11-14H2,1-2H3. The van der Waals surface area contributed by atoms with Crippen LogP contribution in [0.4, 0.5) is 0 Å². The monoisotopic (exact) mass is 419 g/mol. The van der Waals surface area contributed by atoms with E-state index in [-0.39, 0.29) is 11.6 Å². The molecular formula is C21H22ClNO2S2. The molecule has 0 atom stereocenters. The number of Topliss-reactive ketones (excluding diaryl/α,β-unsaturated/α-hetero) is 2. The van der Waals surface area contributed by atoms with Crippen molar-refractivity contribution in [3.63, 3.8) is 0 Å². The molecule has 0 amide bonds. The number of rotatable bonds is 6. The Morgan fingerprint density at radius 1 is 0.889 bits per heavy atom. The first kappa shape index (κ1) is 20.5. The van der Waals surface area contributed by atoms with Crippen LogP contribution >= 0.6 is 35.3 Å². The highest BCUT2D eigenvalue weighted by Gasteiger charge is 2.47. The predicted octanol–water partition coefficient (Wildman–Crippen LogP) is 5.00. The zero-order valence-corrected chi connectivity index (χ0v) is 17.8. The first-order valence-corrected chi connectivity index (χ1v) is 11.1. The topological polar surface area (TPSA) is 37.4 Å². The fourth-order valence-corrected chi connectivity index (χ4v) is 5.55. The van der Waals surface area contributed by atoms with Crippen molar-refractivity contribution in [3.8, 4) is 0 Å². The van der Waals surface area contributed by atoms with E-state index in [1.807, 2.05) is 54.2 Å². The average Bonchev–Trinajstić information content (AvgIpc) is 2.69. The Balaban J connectivity index is 1.96. The lowest BCUT2D eigenvalue weighted by Gasteiger charge is -2.32. The number of thioether (sulfide) groups is 1. The van der Waals surface area contributed by atoms with Crippen molar-refractivity contribution in [2.75, 3.05) is 24.6 Å². The van der Waals surface area contributed by atoms with Crippen LogP contribution in [0.25, 0.3) is 0 Å². The summed E-state index contributed by atoms with van der Waals surface area (Å²) in [5, 5.41) is 0. The maximum Gasteiger partial charge on any atom is 0.229 e. The molecule has 0 saturated carbocycles. The molecule has 1 heterocycles. The van der Waals surface area contributed by atoms with Gasteiger partial charge in [-0.05, 0) is 25.8 Å². The fourth-order valence-electron chi connectivity index (χ4n) is 2.78. The lowest BCUT2D eigenvalue weighted by molar-refractivity contribution is 0.0881. The Bertz CT molecular complexity index is 758. The van der Waals surface area contributed by atoms with Crippen LogP contribution < -0.4 is 0 Å². The lowest BCUT2D eigenvalue weighted by atomic mass is 9.99. The summed E-state index contributed by atoms with van der Waals surface area (Å²) in [6.07, 6.45) is 0. The Labute approximate surface area is 174 Å². The molecule has 3 rings (SSSR count). The van der Waals surface area contributed by atoms with E-state index in [1.165, 1.54) is 11.9 Å². The van der Waals surface area contributed by atoms with Crippen LogP contribution in [-0.2, 0) is 0 Å². The Kier molecular flexibility index (Phi) is 6.69. The lowest BCUT2D eigenvalue weighted by Crippen LogP contribution is -2.43. The maximum absolute atomic E-state index is 13.3. The summed E-state index contributed by atoms with van der Waals surface area (Å²) in [6.45, 7) is 5.51. The molecule has 0 bridgehead atoms. The summed E-state index contributed by atoms with van der Waals surface area (Å²) in [5.74, 6) is 1.21. The SMILES string of the molecule is Cc1ccc(C(=O)C(Cl)(SN2CCSCC2)C(=O)c2ccc(C)cc2)cc1. The van der Waals surface area contributed by atoms with Gasteiger partial charge in [0.2, 0.25) is 15.8 Å². The van der Waals surface area contributed by atoms with Crippen LogP contribution in [0.15, 0.2) is 48.5 Å². The molecule has 6 heteroatoms. The molecule has 1 fully saturated rings. The van der Waals surface area contributed by atoms with Gasteiger partial charge in [0.25, 0.3) is 0 Å². The third-order valence-corrected chi connectivity index (χ3v) is 7.18. The van der Waals surface area contributed by atoms with Crippen LogP contribution in [0.2, 0.25) is 0 Å². The van der Waals surface area contributed by atoms with E-state index in [2.05, 4.69) is 0 Å². The number of halogens is 1. The largest absolute Gasteiger partial charge is 0.291 e. The van der Waals surface area contributed by atoms with E-state index in [4.69, 9.17) is 11.6 Å². The van der Waals surface area contributed by atoms with E-state index < -0.39 is 4.21 Å². The first-order chi connectivity index (χ1) is 12.9. The second-order valence-electron chi connectivity index (χ2n) is 6.62. The van der Waals surface area contributed by atoms with E-state index in [0.717, 1.165) is 35.7 Å². The van der Waals surface area contributed by atoms with Gasteiger partial charge in [0, 0.05) is 35.7 Å². The van der Waals surface area contributed by atoms with Crippen molar-refractivity contribution in [1.29, 1.82) is 0 Å². The number of hydrogen-bond donors (Lipinski definition) is 0. The molecule has 2 aromatic rings. The second kappa shape index (κ2) is 8.82. The molecule has 1 aliphatic rings. The Morgan fingerprint density at radius 3 is 1.70 bits per heavy atom. The number of ketones is 2. The maximum atomic E-state index is 13.3. The molecule has 0 N–H and O–H groups in total. The van der Waals surface area contributed by atoms with Crippen LogP contribution in [-0.4, -0.2) is 44.7 Å². The van der Waals surface area contributed by atoms with Crippen LogP contribution in [0.1, 0.15) is 31.8 Å². The zero-order chi connectivity index (χ0) is 19.4. The van der Waals surface area contributed by atoms with Gasteiger partial charge < -0.3 is 0 Å². The van der Waals surface area contributed by atoms with Gasteiger partial charge in [0.1, 0.15) is 0 Å². The van der Waals surface area contributed by atoms with E-state index >= 15 is 0 Å². The van der Waals surface area contributed by atoms with Crippen molar-refractivity contribution in [3.05, 3.63) is 70.8 Å². The summed E-state index contributed by atoms with van der Waals surface area (Å²) >= 11 is 9.88. The fraction of sp³-hybridized carbons (Fsp3) is 0.333. The highest BCUT2D eigenvalue weighted by atomic mass is 35.5. The minimum Gasteiger partial charge on any atom is -0.291 e. The number of hydrogen-bond acceptors (Lipinski definition) is 5. The third-order valence-electron chi connectivity index (χ3n) is 4.44. The Morgan fingerprint density at radius 2 is 1.30 bits per heavy atom. The van der Waals surface area contributed by atoms with Crippen molar-refractivity contribution >= 4 is 46.9 Å². The van der Waals surface area contributed by atoms with Crippen LogP contribution in [0.5, 0.6) is 0 Å². The van der Waals surface area contributed by atoms with Gasteiger partial charge >= 0.3 is 0 Å². The minimum absolute atomic E-state index is 0.363. The number of carbonyl (C=O) groups excluding carboxylic acids is 2. The smallest absolute Gasteiger partial charge is 0.229 e. The van der Waals surface area contributed by atoms with Gasteiger partial charge in [-0.1, -0.05) is 71.3 Å². The van der Waals surface area contributed by atoms with Crippen LogP contribution in [0.3, 0.4) is 0 Å².